The molecule has 0 radical (unpaired) electrons. The van der Waals surface area contributed by atoms with Crippen LogP contribution in [0.25, 0.3) is 11.3 Å². The summed E-state index contributed by atoms with van der Waals surface area (Å²) in [6.45, 7) is 9.80. The molecule has 37 heavy (non-hydrogen) atoms. The summed E-state index contributed by atoms with van der Waals surface area (Å²) < 4.78 is 5.50. The number of nitrogens with one attached hydrogen (secondary N) is 2. The van der Waals surface area contributed by atoms with Gasteiger partial charge in [0, 0.05) is 62.1 Å². The van der Waals surface area contributed by atoms with E-state index in [1.165, 1.54) is 0 Å². The van der Waals surface area contributed by atoms with E-state index in [9.17, 15) is 4.79 Å². The molecule has 0 unspecified atom stereocenters. The van der Waals surface area contributed by atoms with Crippen LogP contribution in [-0.4, -0.2) is 70.8 Å². The van der Waals surface area contributed by atoms with Gasteiger partial charge in [0.2, 0.25) is 5.95 Å². The number of piperazine rings is 1. The fraction of sp³-hybridized carbons (Fsp3) is 0.407. The standard InChI is InChI=1S/C27H36N8O2/c1-27(2,3)37-26(36)35-16-14-34(15-17-35)22-7-4-6-21(18-22)32-25-30-13-10-23(33-25)20-8-9-24(31-19-20)29-12-5-11-28/h4,6-10,13,18-19H,5,11-12,14-17,28H2,1-3H3,(H,29,31)(H,30,32,33). The van der Waals surface area contributed by atoms with Gasteiger partial charge in [-0.15, -0.1) is 0 Å². The van der Waals surface area contributed by atoms with Crippen LogP contribution >= 0.6 is 0 Å². The van der Waals surface area contributed by atoms with E-state index in [0.717, 1.165) is 54.5 Å². The van der Waals surface area contributed by atoms with Gasteiger partial charge < -0.3 is 30.9 Å². The maximum absolute atomic E-state index is 12.4. The Kier molecular flexibility index (Phi) is 8.39. The van der Waals surface area contributed by atoms with Crippen molar-refractivity contribution >= 4 is 29.2 Å². The number of pyridine rings is 1. The lowest BCUT2D eigenvalue weighted by Crippen LogP contribution is -2.50. The Labute approximate surface area is 218 Å². The Bertz CT molecular complexity index is 1170. The number of aromatic nitrogens is 3. The lowest BCUT2D eigenvalue weighted by Gasteiger charge is -2.36. The molecule has 10 heteroatoms. The summed E-state index contributed by atoms with van der Waals surface area (Å²) in [5.41, 5.74) is 8.71. The Morgan fingerprint density at radius 2 is 1.89 bits per heavy atom. The quantitative estimate of drug-likeness (QED) is 0.389. The molecule has 196 valence electrons. The van der Waals surface area contributed by atoms with Crippen molar-refractivity contribution in [3.05, 3.63) is 54.9 Å². The van der Waals surface area contributed by atoms with Gasteiger partial charge in [0.15, 0.2) is 0 Å². The number of hydrogen-bond donors (Lipinski definition) is 3. The van der Waals surface area contributed by atoms with E-state index in [2.05, 4.69) is 42.6 Å². The number of carbonyl (C=O) groups excluding carboxylic acids is 1. The molecule has 3 aromatic rings. The highest BCUT2D eigenvalue weighted by Crippen LogP contribution is 2.24. The van der Waals surface area contributed by atoms with Crippen molar-refractivity contribution in [1.82, 2.24) is 19.9 Å². The number of ether oxygens (including phenoxy) is 1. The number of rotatable bonds is 8. The molecule has 0 spiro atoms. The van der Waals surface area contributed by atoms with Gasteiger partial charge in [0.1, 0.15) is 11.4 Å². The van der Waals surface area contributed by atoms with Crippen LogP contribution in [0.2, 0.25) is 0 Å². The summed E-state index contributed by atoms with van der Waals surface area (Å²) in [6, 6.07) is 13.9. The number of carbonyl (C=O) groups is 1. The topological polar surface area (TPSA) is 122 Å². The van der Waals surface area contributed by atoms with Crippen LogP contribution in [0, 0.1) is 0 Å². The van der Waals surface area contributed by atoms with E-state index in [1.807, 2.05) is 51.1 Å². The number of anilines is 4. The zero-order chi connectivity index (χ0) is 26.3. The van der Waals surface area contributed by atoms with Gasteiger partial charge in [-0.1, -0.05) is 6.07 Å². The molecule has 1 saturated heterocycles. The van der Waals surface area contributed by atoms with Gasteiger partial charge in [-0.25, -0.2) is 19.7 Å². The SMILES string of the molecule is CC(C)(C)OC(=O)N1CCN(c2cccc(Nc3nccc(-c4ccc(NCCCN)nc4)n3)c2)CC1. The first-order chi connectivity index (χ1) is 17.8. The molecule has 2 aromatic heterocycles. The smallest absolute Gasteiger partial charge is 0.410 e. The van der Waals surface area contributed by atoms with Gasteiger partial charge in [-0.3, -0.25) is 0 Å². The molecule has 1 fully saturated rings. The Hall–Kier alpha value is -3.92. The predicted octanol–water partition coefficient (Wildman–Crippen LogP) is 4.10. The summed E-state index contributed by atoms with van der Waals surface area (Å²) in [5, 5.41) is 6.57. The number of benzene rings is 1. The first kappa shape index (κ1) is 26.2. The van der Waals surface area contributed by atoms with Crippen LogP contribution < -0.4 is 21.3 Å². The van der Waals surface area contributed by atoms with E-state index in [1.54, 1.807) is 17.3 Å². The summed E-state index contributed by atoms with van der Waals surface area (Å²) in [4.78, 5) is 29.9. The van der Waals surface area contributed by atoms with Crippen molar-refractivity contribution in [2.24, 2.45) is 5.73 Å². The minimum Gasteiger partial charge on any atom is -0.444 e. The largest absolute Gasteiger partial charge is 0.444 e. The van der Waals surface area contributed by atoms with Gasteiger partial charge >= 0.3 is 6.09 Å². The number of nitrogens with two attached hydrogens (primary N) is 1. The molecule has 1 aliphatic rings. The van der Waals surface area contributed by atoms with Crippen LogP contribution in [0.1, 0.15) is 27.2 Å². The van der Waals surface area contributed by atoms with Crippen molar-refractivity contribution < 1.29 is 9.53 Å². The zero-order valence-electron chi connectivity index (χ0n) is 21.8. The molecule has 0 bridgehead atoms. The Balaban J connectivity index is 1.37. The fourth-order valence-electron chi connectivity index (χ4n) is 3.93. The second-order valence-corrected chi connectivity index (χ2v) is 9.90. The van der Waals surface area contributed by atoms with Crippen molar-refractivity contribution in [2.75, 3.05) is 54.8 Å². The monoisotopic (exact) mass is 504 g/mol. The Morgan fingerprint density at radius 1 is 1.08 bits per heavy atom. The van der Waals surface area contributed by atoms with Crippen LogP contribution in [0.5, 0.6) is 0 Å². The summed E-state index contributed by atoms with van der Waals surface area (Å²) in [5.74, 6) is 1.32. The molecule has 1 amide bonds. The normalized spacial score (nSPS) is 13.8. The molecule has 10 nitrogen and oxygen atoms in total. The number of amides is 1. The zero-order valence-corrected chi connectivity index (χ0v) is 21.8. The molecule has 0 aliphatic carbocycles. The van der Waals surface area contributed by atoms with Gasteiger partial charge in [0.05, 0.1) is 5.69 Å². The maximum atomic E-state index is 12.4. The minimum atomic E-state index is -0.491. The lowest BCUT2D eigenvalue weighted by molar-refractivity contribution is 0.0240. The molecular formula is C27H36N8O2. The molecular weight excluding hydrogens is 468 g/mol. The third kappa shape index (κ3) is 7.53. The summed E-state index contributed by atoms with van der Waals surface area (Å²) in [6.07, 6.45) is 4.17. The maximum Gasteiger partial charge on any atom is 0.410 e. The highest BCUT2D eigenvalue weighted by molar-refractivity contribution is 5.69. The van der Waals surface area contributed by atoms with E-state index < -0.39 is 5.60 Å². The van der Waals surface area contributed by atoms with E-state index in [-0.39, 0.29) is 6.09 Å². The van der Waals surface area contributed by atoms with Gasteiger partial charge in [-0.05, 0) is 70.1 Å². The second-order valence-electron chi connectivity index (χ2n) is 9.90. The predicted molar refractivity (Wildman–Crippen MR) is 147 cm³/mol. The summed E-state index contributed by atoms with van der Waals surface area (Å²) >= 11 is 0. The van der Waals surface area contributed by atoms with Crippen LogP contribution in [0.4, 0.5) is 27.9 Å². The first-order valence-corrected chi connectivity index (χ1v) is 12.6. The first-order valence-electron chi connectivity index (χ1n) is 12.6. The van der Waals surface area contributed by atoms with Gasteiger partial charge in [0.25, 0.3) is 0 Å². The van der Waals surface area contributed by atoms with Crippen molar-refractivity contribution in [3.8, 4) is 11.3 Å². The van der Waals surface area contributed by atoms with Crippen molar-refractivity contribution in [1.29, 1.82) is 0 Å². The number of nitrogens with zero attached hydrogens (tertiary/aromatic N) is 5. The molecule has 0 saturated carbocycles. The van der Waals surface area contributed by atoms with Gasteiger partial charge in [-0.2, -0.15) is 0 Å². The third-order valence-corrected chi connectivity index (χ3v) is 5.80. The average molecular weight is 505 g/mol. The van der Waals surface area contributed by atoms with Crippen molar-refractivity contribution in [3.63, 3.8) is 0 Å². The van der Waals surface area contributed by atoms with E-state index >= 15 is 0 Å². The highest BCUT2D eigenvalue weighted by Gasteiger charge is 2.26. The molecule has 1 aromatic carbocycles. The molecule has 1 aliphatic heterocycles. The Morgan fingerprint density at radius 3 is 2.59 bits per heavy atom. The second kappa shape index (κ2) is 11.9. The van der Waals surface area contributed by atoms with Crippen LogP contribution in [0.15, 0.2) is 54.9 Å². The molecule has 0 atom stereocenters. The molecule has 3 heterocycles. The number of hydrogen-bond acceptors (Lipinski definition) is 9. The van der Waals surface area contributed by atoms with E-state index in [4.69, 9.17) is 10.5 Å². The van der Waals surface area contributed by atoms with Crippen LogP contribution in [-0.2, 0) is 4.74 Å². The van der Waals surface area contributed by atoms with E-state index in [0.29, 0.717) is 25.6 Å². The van der Waals surface area contributed by atoms with Crippen molar-refractivity contribution in [2.45, 2.75) is 32.8 Å². The lowest BCUT2D eigenvalue weighted by atomic mass is 10.2. The molecule has 4 rings (SSSR count). The average Bonchev–Trinajstić information content (AvgIpc) is 2.89. The van der Waals surface area contributed by atoms with Crippen LogP contribution in [0.3, 0.4) is 0 Å². The third-order valence-electron chi connectivity index (χ3n) is 5.80. The fourth-order valence-corrected chi connectivity index (χ4v) is 3.93. The minimum absolute atomic E-state index is 0.257. The summed E-state index contributed by atoms with van der Waals surface area (Å²) in [7, 11) is 0. The molecule has 4 N–H and O–H groups in total. The highest BCUT2D eigenvalue weighted by atomic mass is 16.6.